The number of allylic oxidation sites excluding steroid dienone is 2. The average Bonchev–Trinajstić information content (AvgIpc) is 3.21. The van der Waals surface area contributed by atoms with Crippen molar-refractivity contribution in [3.05, 3.63) is 47.4 Å². The van der Waals surface area contributed by atoms with Crippen molar-refractivity contribution in [2.45, 2.75) is 37.6 Å². The number of carbonyl (C=O) groups excluding carboxylic acids is 1. The first kappa shape index (κ1) is 15.2. The SMILES string of the molecule is CN1C[C@H](COC2=CC(=O)CC2)CC2c3cccc4[nH]cc(c34)C[C@H]21. The van der Waals surface area contributed by atoms with E-state index in [-0.39, 0.29) is 5.78 Å². The Hall–Kier alpha value is -2.07. The number of benzene rings is 1. The number of rotatable bonds is 3. The van der Waals surface area contributed by atoms with Gasteiger partial charge in [-0.25, -0.2) is 0 Å². The Kier molecular flexibility index (Phi) is 3.49. The molecular formula is C21H24N2O2. The summed E-state index contributed by atoms with van der Waals surface area (Å²) in [5, 5.41) is 1.45. The van der Waals surface area contributed by atoms with E-state index >= 15 is 0 Å². The maximum Gasteiger partial charge on any atom is 0.159 e. The zero-order valence-corrected chi connectivity index (χ0v) is 14.6. The number of aromatic nitrogens is 1. The van der Waals surface area contributed by atoms with Gasteiger partial charge in [0.2, 0.25) is 0 Å². The molecule has 4 nitrogen and oxygen atoms in total. The van der Waals surface area contributed by atoms with Crippen LogP contribution in [0.4, 0.5) is 0 Å². The lowest BCUT2D eigenvalue weighted by Crippen LogP contribution is -2.48. The number of aromatic amines is 1. The first-order chi connectivity index (χ1) is 12.2. The summed E-state index contributed by atoms with van der Waals surface area (Å²) in [4.78, 5) is 17.3. The molecule has 0 spiro atoms. The fraction of sp³-hybridized carbons (Fsp3) is 0.476. The fourth-order valence-electron chi connectivity index (χ4n) is 5.08. The fourth-order valence-corrected chi connectivity index (χ4v) is 5.08. The van der Waals surface area contributed by atoms with E-state index in [4.69, 9.17) is 4.74 Å². The summed E-state index contributed by atoms with van der Waals surface area (Å²) < 4.78 is 5.98. The predicted octanol–water partition coefficient (Wildman–Crippen LogP) is 3.39. The van der Waals surface area contributed by atoms with Crippen LogP contribution in [0.5, 0.6) is 0 Å². The van der Waals surface area contributed by atoms with E-state index in [0.717, 1.165) is 31.8 Å². The van der Waals surface area contributed by atoms with Gasteiger partial charge >= 0.3 is 0 Å². The van der Waals surface area contributed by atoms with E-state index in [9.17, 15) is 4.79 Å². The second-order valence-corrected chi connectivity index (χ2v) is 7.89. The minimum absolute atomic E-state index is 0.203. The van der Waals surface area contributed by atoms with E-state index in [1.807, 2.05) is 0 Å². The van der Waals surface area contributed by atoms with Crippen molar-refractivity contribution < 1.29 is 9.53 Å². The number of likely N-dealkylation sites (tertiary alicyclic amines) is 1. The maximum absolute atomic E-state index is 11.4. The Bertz CT molecular complexity index is 866. The molecule has 0 radical (unpaired) electrons. The molecule has 1 aromatic heterocycles. The van der Waals surface area contributed by atoms with E-state index in [1.165, 1.54) is 28.5 Å². The third kappa shape index (κ3) is 2.51. The van der Waals surface area contributed by atoms with Gasteiger partial charge in [0.1, 0.15) is 0 Å². The summed E-state index contributed by atoms with van der Waals surface area (Å²) in [5.41, 5.74) is 4.22. The number of fused-ring (bicyclic) bond motifs is 2. The van der Waals surface area contributed by atoms with Gasteiger partial charge in [-0.15, -0.1) is 0 Å². The second kappa shape index (κ2) is 5.73. The average molecular weight is 336 g/mol. The Morgan fingerprint density at radius 3 is 3.08 bits per heavy atom. The summed E-state index contributed by atoms with van der Waals surface area (Å²) in [6.07, 6.45) is 7.56. The van der Waals surface area contributed by atoms with Gasteiger partial charge in [-0.2, -0.15) is 0 Å². The number of nitrogens with zero attached hydrogens (tertiary/aromatic N) is 1. The molecule has 2 aromatic rings. The minimum Gasteiger partial charge on any atom is -0.497 e. The zero-order valence-electron chi connectivity index (χ0n) is 14.6. The number of H-pyrrole nitrogens is 1. The van der Waals surface area contributed by atoms with Crippen LogP contribution < -0.4 is 0 Å². The highest BCUT2D eigenvalue weighted by Crippen LogP contribution is 2.44. The van der Waals surface area contributed by atoms with E-state index in [2.05, 4.69) is 41.3 Å². The summed E-state index contributed by atoms with van der Waals surface area (Å²) >= 11 is 0. The first-order valence-electron chi connectivity index (χ1n) is 9.34. The first-order valence-corrected chi connectivity index (χ1v) is 9.34. The van der Waals surface area contributed by atoms with Crippen molar-refractivity contribution in [2.75, 3.05) is 20.2 Å². The number of carbonyl (C=O) groups is 1. The maximum atomic E-state index is 11.4. The number of ether oxygens (including phenoxy) is 1. The van der Waals surface area contributed by atoms with Gasteiger partial charge in [-0.3, -0.25) is 4.79 Å². The third-order valence-corrected chi connectivity index (χ3v) is 6.26. The highest BCUT2D eigenvalue weighted by Gasteiger charge is 2.39. The minimum atomic E-state index is 0.203. The van der Waals surface area contributed by atoms with Crippen LogP contribution >= 0.6 is 0 Å². The molecule has 3 atom stereocenters. The van der Waals surface area contributed by atoms with Crippen LogP contribution in [0.3, 0.4) is 0 Å². The van der Waals surface area contributed by atoms with Crippen LogP contribution in [0.15, 0.2) is 36.2 Å². The normalized spacial score (nSPS) is 28.9. The number of ketones is 1. The summed E-state index contributed by atoms with van der Waals surface area (Å²) in [6, 6.07) is 7.25. The van der Waals surface area contributed by atoms with Gasteiger partial charge < -0.3 is 14.6 Å². The second-order valence-electron chi connectivity index (χ2n) is 7.89. The monoisotopic (exact) mass is 336 g/mol. The Balaban J connectivity index is 1.39. The van der Waals surface area contributed by atoms with Crippen LogP contribution in [0.1, 0.15) is 36.3 Å². The molecule has 130 valence electrons. The summed E-state index contributed by atoms with van der Waals surface area (Å²) in [7, 11) is 2.25. The zero-order chi connectivity index (χ0) is 17.0. The predicted molar refractivity (Wildman–Crippen MR) is 97.5 cm³/mol. The molecule has 1 aromatic carbocycles. The molecule has 0 saturated carbocycles. The summed E-state index contributed by atoms with van der Waals surface area (Å²) in [6.45, 7) is 1.79. The Morgan fingerprint density at radius 1 is 1.32 bits per heavy atom. The molecule has 0 bridgehead atoms. The molecule has 2 aliphatic carbocycles. The van der Waals surface area contributed by atoms with Crippen molar-refractivity contribution >= 4 is 16.7 Å². The largest absolute Gasteiger partial charge is 0.497 e. The van der Waals surface area contributed by atoms with Crippen molar-refractivity contribution in [1.29, 1.82) is 0 Å². The van der Waals surface area contributed by atoms with Crippen LogP contribution in [0.25, 0.3) is 10.9 Å². The smallest absolute Gasteiger partial charge is 0.159 e. The molecule has 1 unspecified atom stereocenters. The molecule has 1 saturated heterocycles. The number of hydrogen-bond donors (Lipinski definition) is 1. The van der Waals surface area contributed by atoms with Gasteiger partial charge in [-0.1, -0.05) is 12.1 Å². The molecule has 3 aliphatic rings. The molecule has 25 heavy (non-hydrogen) atoms. The van der Waals surface area contributed by atoms with E-state index < -0.39 is 0 Å². The van der Waals surface area contributed by atoms with Gasteiger partial charge in [-0.05, 0) is 37.1 Å². The van der Waals surface area contributed by atoms with Crippen LogP contribution in [0.2, 0.25) is 0 Å². The number of piperidine rings is 1. The number of nitrogens with one attached hydrogen (secondary N) is 1. The lowest BCUT2D eigenvalue weighted by molar-refractivity contribution is -0.114. The van der Waals surface area contributed by atoms with Gasteiger partial charge in [0, 0.05) is 60.4 Å². The van der Waals surface area contributed by atoms with E-state index in [1.54, 1.807) is 6.08 Å². The summed E-state index contributed by atoms with van der Waals surface area (Å²) in [5.74, 6) is 2.17. The molecule has 1 N–H and O–H groups in total. The van der Waals surface area contributed by atoms with Crippen LogP contribution in [-0.2, 0) is 16.0 Å². The molecule has 0 amide bonds. The van der Waals surface area contributed by atoms with Crippen molar-refractivity contribution in [3.63, 3.8) is 0 Å². The Morgan fingerprint density at radius 2 is 2.24 bits per heavy atom. The van der Waals surface area contributed by atoms with Gasteiger partial charge in [0.05, 0.1) is 12.4 Å². The lowest BCUT2D eigenvalue weighted by Gasteiger charge is -2.45. The molecule has 5 rings (SSSR count). The van der Waals surface area contributed by atoms with Gasteiger partial charge in [0.25, 0.3) is 0 Å². The van der Waals surface area contributed by atoms with Crippen LogP contribution in [0, 0.1) is 5.92 Å². The lowest BCUT2D eigenvalue weighted by atomic mass is 9.72. The van der Waals surface area contributed by atoms with Gasteiger partial charge in [0.15, 0.2) is 5.78 Å². The van der Waals surface area contributed by atoms with Crippen LogP contribution in [-0.4, -0.2) is 41.9 Å². The topological polar surface area (TPSA) is 45.3 Å². The van der Waals surface area contributed by atoms with E-state index in [0.29, 0.717) is 24.3 Å². The molecule has 1 fully saturated rings. The van der Waals surface area contributed by atoms with Crippen molar-refractivity contribution in [3.8, 4) is 0 Å². The van der Waals surface area contributed by atoms with Crippen molar-refractivity contribution in [1.82, 2.24) is 9.88 Å². The van der Waals surface area contributed by atoms with Crippen molar-refractivity contribution in [2.24, 2.45) is 5.92 Å². The molecule has 1 aliphatic heterocycles. The molecule has 4 heteroatoms. The molecular weight excluding hydrogens is 312 g/mol. The third-order valence-electron chi connectivity index (χ3n) is 6.26. The molecule has 2 heterocycles. The Labute approximate surface area is 147 Å². The quantitative estimate of drug-likeness (QED) is 0.934. The number of hydrogen-bond acceptors (Lipinski definition) is 3. The number of likely N-dealkylation sites (N-methyl/N-ethyl adjacent to an activating group) is 1. The standard InChI is InChI=1S/C21H24N2O2/c1-23-11-13(12-25-16-6-5-15(24)9-16)7-18-17-3-2-4-19-21(17)14(10-22-19)8-20(18)23/h2-4,9-10,13,18,20,22H,5-8,11-12H2,1H3/t13-,18?,20-/m1/s1. The highest BCUT2D eigenvalue weighted by atomic mass is 16.5. The highest BCUT2D eigenvalue weighted by molar-refractivity contribution is 5.92.